The Morgan fingerprint density at radius 2 is 2.14 bits per heavy atom. The zero-order chi connectivity index (χ0) is 15.6. The number of morpholine rings is 1. The third-order valence-electron chi connectivity index (χ3n) is 3.64. The molecule has 1 aliphatic rings. The maximum Gasteiger partial charge on any atom is 0.244 e. The summed E-state index contributed by atoms with van der Waals surface area (Å²) in [5, 5.41) is 4.12. The molecule has 0 N–H and O–H groups in total. The van der Waals surface area contributed by atoms with Crippen molar-refractivity contribution in [2.75, 3.05) is 19.7 Å². The molecule has 0 amide bonds. The van der Waals surface area contributed by atoms with Gasteiger partial charge < -0.3 is 4.74 Å². The molecule has 0 aliphatic carbocycles. The molecule has 1 aliphatic heterocycles. The van der Waals surface area contributed by atoms with Crippen LogP contribution < -0.4 is 0 Å². The Labute approximate surface area is 139 Å². The molecule has 118 valence electrons. The van der Waals surface area contributed by atoms with Gasteiger partial charge in [-0.15, -0.1) is 0 Å². The summed E-state index contributed by atoms with van der Waals surface area (Å²) in [6, 6.07) is 9.21. The third-order valence-corrected chi connectivity index (χ3v) is 6.70. The maximum absolute atomic E-state index is 12.6. The third kappa shape index (κ3) is 3.36. The van der Waals surface area contributed by atoms with Gasteiger partial charge >= 0.3 is 0 Å². The lowest BCUT2D eigenvalue weighted by Crippen LogP contribution is -2.46. The van der Waals surface area contributed by atoms with Gasteiger partial charge in [-0.05, 0) is 23.1 Å². The normalized spacial score (nSPS) is 20.1. The van der Waals surface area contributed by atoms with E-state index in [1.807, 2.05) is 24.3 Å². The Morgan fingerprint density at radius 1 is 1.32 bits per heavy atom. The fourth-order valence-electron chi connectivity index (χ4n) is 2.49. The first-order valence-electron chi connectivity index (χ1n) is 6.95. The van der Waals surface area contributed by atoms with Crippen LogP contribution in [0.4, 0.5) is 0 Å². The zero-order valence-corrected chi connectivity index (χ0v) is 14.2. The SMILES string of the molecule is O=S(=O)(c1ccsc1)N1CCOC(Cc2ccccc2Cl)C1. The number of rotatable bonds is 4. The summed E-state index contributed by atoms with van der Waals surface area (Å²) >= 11 is 7.55. The summed E-state index contributed by atoms with van der Waals surface area (Å²) in [7, 11) is -3.42. The molecule has 0 spiro atoms. The number of nitrogens with zero attached hydrogens (tertiary/aromatic N) is 1. The van der Waals surface area contributed by atoms with Crippen molar-refractivity contribution < 1.29 is 13.2 Å². The lowest BCUT2D eigenvalue weighted by Gasteiger charge is -2.32. The number of ether oxygens (including phenoxy) is 1. The molecule has 1 aromatic heterocycles. The highest BCUT2D eigenvalue weighted by Gasteiger charge is 2.31. The summed E-state index contributed by atoms with van der Waals surface area (Å²) < 4.78 is 32.3. The fourth-order valence-corrected chi connectivity index (χ4v) is 5.18. The van der Waals surface area contributed by atoms with E-state index in [0.29, 0.717) is 36.0 Å². The number of thiophene rings is 1. The van der Waals surface area contributed by atoms with Crippen molar-refractivity contribution in [3.8, 4) is 0 Å². The largest absolute Gasteiger partial charge is 0.375 e. The molecular weight excluding hydrogens is 342 g/mol. The van der Waals surface area contributed by atoms with Gasteiger partial charge in [0.25, 0.3) is 0 Å². The minimum atomic E-state index is -3.42. The van der Waals surface area contributed by atoms with Gasteiger partial charge in [0.05, 0.1) is 17.6 Å². The van der Waals surface area contributed by atoms with Crippen LogP contribution in [-0.4, -0.2) is 38.5 Å². The van der Waals surface area contributed by atoms with Crippen molar-refractivity contribution in [3.05, 3.63) is 51.7 Å². The maximum atomic E-state index is 12.6. The van der Waals surface area contributed by atoms with Gasteiger partial charge in [-0.3, -0.25) is 0 Å². The molecule has 1 fully saturated rings. The minimum absolute atomic E-state index is 0.179. The molecule has 3 rings (SSSR count). The second-order valence-corrected chi connectivity index (χ2v) is 8.24. The van der Waals surface area contributed by atoms with Crippen molar-refractivity contribution >= 4 is 33.0 Å². The average molecular weight is 358 g/mol. The Morgan fingerprint density at radius 3 is 2.86 bits per heavy atom. The molecule has 2 heterocycles. The first-order chi connectivity index (χ1) is 10.6. The molecule has 1 aromatic carbocycles. The highest BCUT2D eigenvalue weighted by atomic mass is 35.5. The van der Waals surface area contributed by atoms with Gasteiger partial charge in [0.15, 0.2) is 0 Å². The monoisotopic (exact) mass is 357 g/mol. The van der Waals surface area contributed by atoms with Crippen LogP contribution in [0.15, 0.2) is 46.0 Å². The molecular formula is C15H16ClNO3S2. The van der Waals surface area contributed by atoms with Crippen LogP contribution in [0.5, 0.6) is 0 Å². The summed E-state index contributed by atoms with van der Waals surface area (Å²) in [5.74, 6) is 0. The van der Waals surface area contributed by atoms with Gasteiger partial charge in [-0.2, -0.15) is 15.6 Å². The number of benzene rings is 1. The van der Waals surface area contributed by atoms with Crippen molar-refractivity contribution in [2.24, 2.45) is 0 Å². The molecule has 0 radical (unpaired) electrons. The summed E-state index contributed by atoms with van der Waals surface area (Å²) in [5.41, 5.74) is 0.976. The molecule has 1 unspecified atom stereocenters. The van der Waals surface area contributed by atoms with E-state index in [1.54, 1.807) is 16.8 Å². The molecule has 1 atom stereocenters. The minimum Gasteiger partial charge on any atom is -0.375 e. The van der Waals surface area contributed by atoms with Gasteiger partial charge in [-0.1, -0.05) is 29.8 Å². The Balaban J connectivity index is 1.74. The van der Waals surface area contributed by atoms with Crippen molar-refractivity contribution in [1.29, 1.82) is 0 Å². The first kappa shape index (κ1) is 16.0. The Bertz CT molecular complexity index is 731. The van der Waals surface area contributed by atoms with Crippen LogP contribution >= 0.6 is 22.9 Å². The van der Waals surface area contributed by atoms with Gasteiger partial charge in [0.2, 0.25) is 10.0 Å². The van der Waals surface area contributed by atoms with E-state index in [2.05, 4.69) is 0 Å². The van der Waals surface area contributed by atoms with E-state index >= 15 is 0 Å². The van der Waals surface area contributed by atoms with E-state index in [4.69, 9.17) is 16.3 Å². The van der Waals surface area contributed by atoms with Crippen LogP contribution in [-0.2, 0) is 21.2 Å². The predicted octanol–water partition coefficient (Wildman–Crippen LogP) is 3.03. The molecule has 1 saturated heterocycles. The summed E-state index contributed by atoms with van der Waals surface area (Å²) in [6.07, 6.45) is 0.428. The Hall–Kier alpha value is -0.920. The lowest BCUT2D eigenvalue weighted by molar-refractivity contribution is -0.000477. The molecule has 0 saturated carbocycles. The van der Waals surface area contributed by atoms with Crippen molar-refractivity contribution in [3.63, 3.8) is 0 Å². The Kier molecular flexibility index (Phi) is 4.84. The van der Waals surface area contributed by atoms with E-state index in [-0.39, 0.29) is 6.10 Å². The van der Waals surface area contributed by atoms with Crippen LogP contribution in [0.2, 0.25) is 5.02 Å². The van der Waals surface area contributed by atoms with Gasteiger partial charge in [0, 0.05) is 29.9 Å². The predicted molar refractivity (Wildman–Crippen MR) is 88.0 cm³/mol. The highest BCUT2D eigenvalue weighted by Crippen LogP contribution is 2.23. The summed E-state index contributed by atoms with van der Waals surface area (Å²) in [6.45, 7) is 1.14. The highest BCUT2D eigenvalue weighted by molar-refractivity contribution is 7.89. The first-order valence-corrected chi connectivity index (χ1v) is 9.71. The molecule has 0 bridgehead atoms. The second kappa shape index (κ2) is 6.68. The van der Waals surface area contributed by atoms with E-state index < -0.39 is 10.0 Å². The standard InChI is InChI=1S/C15H16ClNO3S2/c16-15-4-2-1-3-12(15)9-13-10-17(6-7-20-13)22(18,19)14-5-8-21-11-14/h1-5,8,11,13H,6-7,9-10H2. The quantitative estimate of drug-likeness (QED) is 0.845. The average Bonchev–Trinajstić information content (AvgIpc) is 3.05. The number of halogens is 1. The molecule has 4 nitrogen and oxygen atoms in total. The van der Waals surface area contributed by atoms with Crippen molar-refractivity contribution in [1.82, 2.24) is 4.31 Å². The molecule has 2 aromatic rings. The lowest BCUT2D eigenvalue weighted by atomic mass is 10.1. The number of hydrogen-bond acceptors (Lipinski definition) is 4. The van der Waals surface area contributed by atoms with Crippen LogP contribution in [0.1, 0.15) is 5.56 Å². The van der Waals surface area contributed by atoms with Gasteiger partial charge in [-0.25, -0.2) is 8.42 Å². The number of hydrogen-bond donors (Lipinski definition) is 0. The fraction of sp³-hybridized carbons (Fsp3) is 0.333. The van der Waals surface area contributed by atoms with E-state index in [9.17, 15) is 8.42 Å². The van der Waals surface area contributed by atoms with Crippen LogP contribution in [0.3, 0.4) is 0 Å². The number of sulfonamides is 1. The van der Waals surface area contributed by atoms with Crippen LogP contribution in [0.25, 0.3) is 0 Å². The van der Waals surface area contributed by atoms with Gasteiger partial charge in [0.1, 0.15) is 0 Å². The molecule has 7 heteroatoms. The van der Waals surface area contributed by atoms with E-state index in [0.717, 1.165) is 5.56 Å². The summed E-state index contributed by atoms with van der Waals surface area (Å²) in [4.78, 5) is 0.357. The molecule has 22 heavy (non-hydrogen) atoms. The smallest absolute Gasteiger partial charge is 0.244 e. The zero-order valence-electron chi connectivity index (χ0n) is 11.8. The topological polar surface area (TPSA) is 46.6 Å². The van der Waals surface area contributed by atoms with Crippen LogP contribution in [0, 0.1) is 0 Å². The van der Waals surface area contributed by atoms with Crippen molar-refractivity contribution in [2.45, 2.75) is 17.4 Å². The second-order valence-electron chi connectivity index (χ2n) is 5.11. The van der Waals surface area contributed by atoms with E-state index in [1.165, 1.54) is 15.6 Å².